The number of carbonyl (C=O) groups excluding carboxylic acids is 1. The molecule has 0 aliphatic carbocycles. The Morgan fingerprint density at radius 1 is 0.933 bits per heavy atom. The van der Waals surface area contributed by atoms with Crippen molar-refractivity contribution < 1.29 is 23.7 Å². The molecule has 0 saturated carbocycles. The number of ether oxygens (including phenoxy) is 4. The molecule has 0 N–H and O–H groups in total. The van der Waals surface area contributed by atoms with E-state index >= 15 is 0 Å². The molecule has 2 unspecified atom stereocenters. The molecule has 2 aromatic rings. The third kappa shape index (κ3) is 5.94. The normalized spacial score (nSPS) is 13.0. The van der Waals surface area contributed by atoms with Crippen molar-refractivity contribution in [1.82, 2.24) is 0 Å². The Labute approximate surface area is 184 Å². The van der Waals surface area contributed by atoms with Crippen LogP contribution in [0.15, 0.2) is 18.2 Å². The molecule has 2 rings (SSSR count). The standard InChI is InChI=1S/C24H33ClO5/c1-7-10-13-27-21-19-12-11-18(25)14-20(19)22(30-17(6)26)24(29-16(5)9-3)23(21)28-15(4)8-2/h11-12,14-16H,7-10,13H2,1-6H3. The molecule has 0 fully saturated rings. The van der Waals surface area contributed by atoms with E-state index in [1.807, 2.05) is 33.8 Å². The number of rotatable bonds is 11. The minimum absolute atomic E-state index is 0.0762. The summed E-state index contributed by atoms with van der Waals surface area (Å²) in [7, 11) is 0. The zero-order chi connectivity index (χ0) is 22.3. The maximum Gasteiger partial charge on any atom is 0.308 e. The summed E-state index contributed by atoms with van der Waals surface area (Å²) in [6, 6.07) is 5.41. The number of hydrogen-bond acceptors (Lipinski definition) is 5. The van der Waals surface area contributed by atoms with Gasteiger partial charge in [0.25, 0.3) is 0 Å². The summed E-state index contributed by atoms with van der Waals surface area (Å²) >= 11 is 6.28. The minimum atomic E-state index is -0.445. The fourth-order valence-electron chi connectivity index (χ4n) is 2.84. The van der Waals surface area contributed by atoms with Gasteiger partial charge in [-0.2, -0.15) is 0 Å². The molecule has 0 saturated heterocycles. The summed E-state index contributed by atoms with van der Waals surface area (Å²) in [6.07, 6.45) is 3.31. The Kier molecular flexibility index (Phi) is 9.09. The van der Waals surface area contributed by atoms with E-state index in [2.05, 4.69) is 6.92 Å². The van der Waals surface area contributed by atoms with Gasteiger partial charge in [0, 0.05) is 22.7 Å². The van der Waals surface area contributed by atoms with Crippen molar-refractivity contribution in [2.24, 2.45) is 0 Å². The second kappa shape index (κ2) is 11.3. The molecule has 2 aromatic carbocycles. The summed E-state index contributed by atoms with van der Waals surface area (Å²) in [4.78, 5) is 12.0. The van der Waals surface area contributed by atoms with Gasteiger partial charge in [-0.25, -0.2) is 0 Å². The van der Waals surface area contributed by atoms with Gasteiger partial charge in [0.2, 0.25) is 11.5 Å². The van der Waals surface area contributed by atoms with Crippen LogP contribution in [0.4, 0.5) is 0 Å². The highest BCUT2D eigenvalue weighted by Gasteiger charge is 2.28. The van der Waals surface area contributed by atoms with E-state index in [1.165, 1.54) is 6.92 Å². The highest BCUT2D eigenvalue weighted by atomic mass is 35.5. The van der Waals surface area contributed by atoms with Crippen molar-refractivity contribution in [2.75, 3.05) is 6.61 Å². The SMILES string of the molecule is CCCCOc1c(OC(C)CC)c(OC(C)CC)c(OC(C)=O)c2cc(Cl)ccc12. The van der Waals surface area contributed by atoms with E-state index in [0.717, 1.165) is 31.1 Å². The zero-order valence-electron chi connectivity index (χ0n) is 18.8. The number of carbonyl (C=O) groups is 1. The summed E-state index contributed by atoms with van der Waals surface area (Å²) in [5, 5.41) is 1.95. The minimum Gasteiger partial charge on any atom is -0.489 e. The number of hydrogen-bond donors (Lipinski definition) is 0. The summed E-state index contributed by atoms with van der Waals surface area (Å²) in [5.74, 6) is 1.29. The molecule has 0 amide bonds. The van der Waals surface area contributed by atoms with E-state index in [1.54, 1.807) is 12.1 Å². The van der Waals surface area contributed by atoms with Crippen molar-refractivity contribution in [2.45, 2.75) is 79.4 Å². The largest absolute Gasteiger partial charge is 0.489 e. The number of fused-ring (bicyclic) bond motifs is 1. The van der Waals surface area contributed by atoms with Gasteiger partial charge < -0.3 is 18.9 Å². The lowest BCUT2D eigenvalue weighted by Crippen LogP contribution is -2.17. The van der Waals surface area contributed by atoms with Gasteiger partial charge in [0.1, 0.15) is 0 Å². The maximum absolute atomic E-state index is 12.0. The molecule has 0 aliphatic rings. The molecule has 166 valence electrons. The molecule has 30 heavy (non-hydrogen) atoms. The number of unbranched alkanes of at least 4 members (excludes halogenated alkanes) is 1. The molecule has 0 aromatic heterocycles. The van der Waals surface area contributed by atoms with Crippen LogP contribution in [0.2, 0.25) is 5.02 Å². The Bertz CT molecular complexity index is 865. The second-order valence-corrected chi connectivity index (χ2v) is 7.91. The summed E-state index contributed by atoms with van der Waals surface area (Å²) in [6.45, 7) is 12.0. The van der Waals surface area contributed by atoms with Gasteiger partial charge in [-0.3, -0.25) is 4.79 Å². The van der Waals surface area contributed by atoms with Crippen LogP contribution in [-0.4, -0.2) is 24.8 Å². The first-order valence-corrected chi connectivity index (χ1v) is 11.1. The van der Waals surface area contributed by atoms with E-state index in [0.29, 0.717) is 40.0 Å². The highest BCUT2D eigenvalue weighted by molar-refractivity contribution is 6.31. The van der Waals surface area contributed by atoms with Crippen molar-refractivity contribution in [3.8, 4) is 23.0 Å². The molecule has 0 heterocycles. The molecule has 6 heteroatoms. The number of halogens is 1. The lowest BCUT2D eigenvalue weighted by Gasteiger charge is -2.25. The predicted octanol–water partition coefficient (Wildman–Crippen LogP) is 6.95. The number of esters is 1. The van der Waals surface area contributed by atoms with Gasteiger partial charge >= 0.3 is 5.97 Å². The molecule has 0 radical (unpaired) electrons. The van der Waals surface area contributed by atoms with Crippen molar-refractivity contribution in [1.29, 1.82) is 0 Å². The van der Waals surface area contributed by atoms with E-state index < -0.39 is 5.97 Å². The van der Waals surface area contributed by atoms with Crippen molar-refractivity contribution in [3.63, 3.8) is 0 Å². The fraction of sp³-hybridized carbons (Fsp3) is 0.542. The predicted molar refractivity (Wildman–Crippen MR) is 121 cm³/mol. The lowest BCUT2D eigenvalue weighted by molar-refractivity contribution is -0.131. The van der Waals surface area contributed by atoms with E-state index in [9.17, 15) is 4.79 Å². The topological polar surface area (TPSA) is 54.0 Å². The monoisotopic (exact) mass is 436 g/mol. The molecule has 0 bridgehead atoms. The third-order valence-corrected chi connectivity index (χ3v) is 5.10. The van der Waals surface area contributed by atoms with Crippen molar-refractivity contribution >= 4 is 28.3 Å². The van der Waals surface area contributed by atoms with Crippen LogP contribution in [0.3, 0.4) is 0 Å². The smallest absolute Gasteiger partial charge is 0.308 e. The third-order valence-electron chi connectivity index (χ3n) is 4.87. The Morgan fingerprint density at radius 2 is 1.53 bits per heavy atom. The Balaban J connectivity index is 2.85. The lowest BCUT2D eigenvalue weighted by atomic mass is 10.1. The summed E-state index contributed by atoms with van der Waals surface area (Å²) < 4.78 is 24.4. The van der Waals surface area contributed by atoms with Crippen LogP contribution in [0, 0.1) is 0 Å². The van der Waals surface area contributed by atoms with Crippen LogP contribution in [0.1, 0.15) is 67.2 Å². The van der Waals surface area contributed by atoms with Gasteiger partial charge in [-0.1, -0.05) is 38.8 Å². The number of benzene rings is 2. The average Bonchev–Trinajstić information content (AvgIpc) is 2.71. The Hall–Kier alpha value is -2.14. The highest BCUT2D eigenvalue weighted by Crippen LogP contribution is 2.52. The van der Waals surface area contributed by atoms with Crippen LogP contribution in [0.25, 0.3) is 10.8 Å². The second-order valence-electron chi connectivity index (χ2n) is 7.48. The maximum atomic E-state index is 12.0. The van der Waals surface area contributed by atoms with Gasteiger partial charge in [-0.05, 0) is 51.3 Å². The van der Waals surface area contributed by atoms with Crippen LogP contribution in [-0.2, 0) is 4.79 Å². The molecule has 0 spiro atoms. The molecule has 5 nitrogen and oxygen atoms in total. The van der Waals surface area contributed by atoms with Gasteiger partial charge in [0.15, 0.2) is 11.5 Å². The first kappa shape index (κ1) is 24.1. The fourth-order valence-corrected chi connectivity index (χ4v) is 3.02. The van der Waals surface area contributed by atoms with Gasteiger partial charge in [0.05, 0.1) is 18.8 Å². The van der Waals surface area contributed by atoms with Crippen molar-refractivity contribution in [3.05, 3.63) is 23.2 Å². The summed E-state index contributed by atoms with van der Waals surface area (Å²) in [5.41, 5.74) is 0. The Morgan fingerprint density at radius 3 is 2.07 bits per heavy atom. The van der Waals surface area contributed by atoms with Gasteiger partial charge in [-0.15, -0.1) is 0 Å². The van der Waals surface area contributed by atoms with Crippen LogP contribution >= 0.6 is 11.6 Å². The molecular formula is C24H33ClO5. The van der Waals surface area contributed by atoms with E-state index in [4.69, 9.17) is 30.5 Å². The zero-order valence-corrected chi connectivity index (χ0v) is 19.6. The van der Waals surface area contributed by atoms with Crippen LogP contribution in [0.5, 0.6) is 23.0 Å². The molecule has 0 aliphatic heterocycles. The van der Waals surface area contributed by atoms with E-state index in [-0.39, 0.29) is 12.2 Å². The first-order chi connectivity index (χ1) is 14.3. The average molecular weight is 437 g/mol. The molecular weight excluding hydrogens is 404 g/mol. The quantitative estimate of drug-likeness (QED) is 0.216. The first-order valence-electron chi connectivity index (χ1n) is 10.8. The molecule has 2 atom stereocenters. The van der Waals surface area contributed by atoms with Crippen LogP contribution < -0.4 is 18.9 Å².